The molecule has 0 aliphatic heterocycles. The van der Waals surface area contributed by atoms with Crippen molar-refractivity contribution in [2.24, 2.45) is 17.3 Å². The summed E-state index contributed by atoms with van der Waals surface area (Å²) in [5.41, 5.74) is 0.486. The van der Waals surface area contributed by atoms with Crippen LogP contribution in [0.2, 0.25) is 0 Å². The molecule has 1 rings (SSSR count). The minimum atomic E-state index is 0.486. The Labute approximate surface area is 71.4 Å². The van der Waals surface area contributed by atoms with Gasteiger partial charge < -0.3 is 0 Å². The molecule has 0 nitrogen and oxygen atoms in total. The first-order chi connectivity index (χ1) is 5.02. The van der Waals surface area contributed by atoms with Crippen LogP contribution in [0.5, 0.6) is 0 Å². The van der Waals surface area contributed by atoms with Gasteiger partial charge in [-0.05, 0) is 30.1 Å². The lowest BCUT2D eigenvalue weighted by molar-refractivity contribution is 0.166. The lowest BCUT2D eigenvalue weighted by atomic mass is 9.67. The van der Waals surface area contributed by atoms with Gasteiger partial charge in [0.1, 0.15) is 0 Å². The van der Waals surface area contributed by atoms with Crippen LogP contribution < -0.4 is 0 Å². The molecule has 1 fully saturated rings. The summed E-state index contributed by atoms with van der Waals surface area (Å²) in [4.78, 5) is 0. The third-order valence-electron chi connectivity index (χ3n) is 2.90. The van der Waals surface area contributed by atoms with Gasteiger partial charge in [0.15, 0.2) is 0 Å². The molecule has 1 aliphatic rings. The Morgan fingerprint density at radius 2 is 1.91 bits per heavy atom. The summed E-state index contributed by atoms with van der Waals surface area (Å²) in [7, 11) is 0. The highest BCUT2D eigenvalue weighted by Gasteiger charge is 2.31. The maximum Gasteiger partial charge on any atom is -0.0308 e. The quantitative estimate of drug-likeness (QED) is 0.498. The minimum absolute atomic E-state index is 0.486. The fraction of sp³-hybridized carbons (Fsp3) is 0.909. The van der Waals surface area contributed by atoms with Crippen LogP contribution in [-0.4, -0.2) is 0 Å². The first-order valence-electron chi connectivity index (χ1n) is 4.85. The van der Waals surface area contributed by atoms with Crippen LogP contribution in [0.25, 0.3) is 0 Å². The van der Waals surface area contributed by atoms with Crippen LogP contribution in [0.3, 0.4) is 0 Å². The van der Waals surface area contributed by atoms with Gasteiger partial charge in [-0.25, -0.2) is 0 Å². The number of hydrogen-bond donors (Lipinski definition) is 0. The molecule has 0 aromatic carbocycles. The summed E-state index contributed by atoms with van der Waals surface area (Å²) < 4.78 is 0. The van der Waals surface area contributed by atoms with Gasteiger partial charge in [-0.2, -0.15) is 0 Å². The largest absolute Gasteiger partial charge is 0.0622 e. The number of rotatable bonds is 0. The van der Waals surface area contributed by atoms with Crippen molar-refractivity contribution in [2.45, 2.75) is 47.0 Å². The van der Waals surface area contributed by atoms with Crippen LogP contribution in [0.1, 0.15) is 47.0 Å². The predicted molar refractivity (Wildman–Crippen MR) is 50.3 cm³/mol. The van der Waals surface area contributed by atoms with E-state index >= 15 is 0 Å². The SMILES string of the molecule is CC1CCC[CH]C1C(C)(C)C. The van der Waals surface area contributed by atoms with Gasteiger partial charge >= 0.3 is 0 Å². The molecule has 0 amide bonds. The second-order valence-corrected chi connectivity index (χ2v) is 5.04. The Kier molecular flexibility index (Phi) is 2.61. The summed E-state index contributed by atoms with van der Waals surface area (Å²) in [5.74, 6) is 1.75. The molecule has 1 radical (unpaired) electrons. The summed E-state index contributed by atoms with van der Waals surface area (Å²) in [5, 5.41) is 0. The molecule has 1 saturated carbocycles. The Balaban J connectivity index is 2.55. The maximum atomic E-state index is 2.54. The van der Waals surface area contributed by atoms with Gasteiger partial charge in [0.2, 0.25) is 0 Å². The second kappa shape index (κ2) is 3.16. The first kappa shape index (κ1) is 9.09. The Morgan fingerprint density at radius 1 is 1.27 bits per heavy atom. The zero-order valence-electron chi connectivity index (χ0n) is 8.35. The third-order valence-corrected chi connectivity index (χ3v) is 2.90. The summed E-state index contributed by atoms with van der Waals surface area (Å²) >= 11 is 0. The molecule has 0 heteroatoms. The van der Waals surface area contributed by atoms with E-state index in [1.165, 1.54) is 19.3 Å². The molecule has 0 saturated heterocycles. The molecular weight excluding hydrogens is 132 g/mol. The molecule has 0 N–H and O–H groups in total. The van der Waals surface area contributed by atoms with Gasteiger partial charge in [0.05, 0.1) is 0 Å². The van der Waals surface area contributed by atoms with E-state index in [4.69, 9.17) is 0 Å². The van der Waals surface area contributed by atoms with E-state index in [1.807, 2.05) is 0 Å². The first-order valence-corrected chi connectivity index (χ1v) is 4.85. The summed E-state index contributed by atoms with van der Waals surface area (Å²) in [6.45, 7) is 9.47. The highest BCUT2D eigenvalue weighted by molar-refractivity contribution is 4.92. The molecule has 0 heterocycles. The molecule has 65 valence electrons. The maximum absolute atomic E-state index is 2.54. The zero-order valence-corrected chi connectivity index (χ0v) is 8.35. The van der Waals surface area contributed by atoms with Crippen molar-refractivity contribution in [2.75, 3.05) is 0 Å². The zero-order chi connectivity index (χ0) is 8.48. The number of hydrogen-bond acceptors (Lipinski definition) is 0. The van der Waals surface area contributed by atoms with Gasteiger partial charge in [-0.1, -0.05) is 40.5 Å². The topological polar surface area (TPSA) is 0 Å². The van der Waals surface area contributed by atoms with E-state index in [2.05, 4.69) is 34.1 Å². The Hall–Kier alpha value is 0. The smallest absolute Gasteiger partial charge is 0.0308 e. The van der Waals surface area contributed by atoms with Gasteiger partial charge in [-0.15, -0.1) is 0 Å². The molecule has 0 aromatic heterocycles. The van der Waals surface area contributed by atoms with Crippen molar-refractivity contribution in [3.05, 3.63) is 6.42 Å². The van der Waals surface area contributed by atoms with E-state index in [1.54, 1.807) is 0 Å². The predicted octanol–water partition coefficient (Wildman–Crippen LogP) is 3.67. The molecule has 0 bridgehead atoms. The summed E-state index contributed by atoms with van der Waals surface area (Å²) in [6.07, 6.45) is 6.71. The average Bonchev–Trinajstić information content (AvgIpc) is 1.86. The van der Waals surface area contributed by atoms with Crippen LogP contribution >= 0.6 is 0 Å². The van der Waals surface area contributed by atoms with Gasteiger partial charge in [0, 0.05) is 0 Å². The Bertz CT molecular complexity index is 118. The van der Waals surface area contributed by atoms with Crippen molar-refractivity contribution in [1.29, 1.82) is 0 Å². The molecule has 2 unspecified atom stereocenters. The third kappa shape index (κ3) is 2.21. The lowest BCUT2D eigenvalue weighted by Gasteiger charge is -2.38. The van der Waals surface area contributed by atoms with E-state index in [0.717, 1.165) is 11.8 Å². The standard InChI is InChI=1S/C11H21/c1-9-7-5-6-8-10(9)11(2,3)4/h8-10H,5-7H2,1-4H3. The van der Waals surface area contributed by atoms with Crippen molar-refractivity contribution in [3.63, 3.8) is 0 Å². The van der Waals surface area contributed by atoms with Crippen molar-refractivity contribution >= 4 is 0 Å². The van der Waals surface area contributed by atoms with Crippen molar-refractivity contribution in [1.82, 2.24) is 0 Å². The van der Waals surface area contributed by atoms with Crippen LogP contribution in [0.15, 0.2) is 0 Å². The highest BCUT2D eigenvalue weighted by Crippen LogP contribution is 2.40. The van der Waals surface area contributed by atoms with Crippen LogP contribution in [-0.2, 0) is 0 Å². The molecular formula is C11H21. The van der Waals surface area contributed by atoms with Crippen molar-refractivity contribution < 1.29 is 0 Å². The minimum Gasteiger partial charge on any atom is -0.0622 e. The second-order valence-electron chi connectivity index (χ2n) is 5.04. The molecule has 0 spiro atoms. The normalized spacial score (nSPS) is 33.8. The van der Waals surface area contributed by atoms with Crippen LogP contribution in [0.4, 0.5) is 0 Å². The Morgan fingerprint density at radius 3 is 2.27 bits per heavy atom. The summed E-state index contributed by atoms with van der Waals surface area (Å²) in [6, 6.07) is 0. The van der Waals surface area contributed by atoms with Crippen molar-refractivity contribution in [3.8, 4) is 0 Å². The van der Waals surface area contributed by atoms with E-state index < -0.39 is 0 Å². The fourth-order valence-corrected chi connectivity index (χ4v) is 2.36. The lowest BCUT2D eigenvalue weighted by Crippen LogP contribution is -2.29. The molecule has 0 aromatic rings. The van der Waals surface area contributed by atoms with Gasteiger partial charge in [0.25, 0.3) is 0 Å². The van der Waals surface area contributed by atoms with E-state index in [0.29, 0.717) is 5.41 Å². The molecule has 1 aliphatic carbocycles. The van der Waals surface area contributed by atoms with E-state index in [9.17, 15) is 0 Å². The fourth-order valence-electron chi connectivity index (χ4n) is 2.36. The molecule has 2 atom stereocenters. The molecule has 11 heavy (non-hydrogen) atoms. The van der Waals surface area contributed by atoms with E-state index in [-0.39, 0.29) is 0 Å². The highest BCUT2D eigenvalue weighted by atomic mass is 14.4. The average molecular weight is 153 g/mol. The van der Waals surface area contributed by atoms with Gasteiger partial charge in [-0.3, -0.25) is 0 Å². The van der Waals surface area contributed by atoms with Crippen LogP contribution in [0, 0.1) is 23.7 Å². The monoisotopic (exact) mass is 153 g/mol.